The standard InChI is InChI=1S/C7H15NO2/c1-3-7(4-2)5-8-10-6-9/h6-8H,3-5H2,1-2H3. The van der Waals surface area contributed by atoms with Gasteiger partial charge in [0.25, 0.3) is 0 Å². The van der Waals surface area contributed by atoms with Crippen molar-refractivity contribution in [3.63, 3.8) is 0 Å². The molecule has 1 N–H and O–H groups in total. The molecule has 0 rings (SSSR count). The number of rotatable bonds is 6. The van der Waals surface area contributed by atoms with Gasteiger partial charge in [-0.1, -0.05) is 26.7 Å². The third-order valence-corrected chi connectivity index (χ3v) is 1.66. The van der Waals surface area contributed by atoms with Crippen LogP contribution in [-0.2, 0) is 9.63 Å². The van der Waals surface area contributed by atoms with Gasteiger partial charge in [0.15, 0.2) is 0 Å². The zero-order valence-corrected chi connectivity index (χ0v) is 6.59. The molecule has 0 saturated heterocycles. The maximum atomic E-state index is 9.68. The molecule has 3 heteroatoms. The van der Waals surface area contributed by atoms with Crippen molar-refractivity contribution < 1.29 is 9.63 Å². The van der Waals surface area contributed by atoms with Gasteiger partial charge in [-0.25, -0.2) is 0 Å². The molecule has 0 heterocycles. The highest BCUT2D eigenvalue weighted by Crippen LogP contribution is 2.04. The lowest BCUT2D eigenvalue weighted by molar-refractivity contribution is -0.135. The highest BCUT2D eigenvalue weighted by Gasteiger charge is 2.01. The molecular weight excluding hydrogens is 130 g/mol. The molecule has 0 unspecified atom stereocenters. The Morgan fingerprint density at radius 2 is 2.10 bits per heavy atom. The number of carbonyl (C=O) groups excluding carboxylic acids is 1. The van der Waals surface area contributed by atoms with Crippen LogP contribution in [-0.4, -0.2) is 13.0 Å². The highest BCUT2D eigenvalue weighted by atomic mass is 16.7. The first-order valence-electron chi connectivity index (χ1n) is 3.67. The molecule has 0 atom stereocenters. The predicted molar refractivity (Wildman–Crippen MR) is 39.2 cm³/mol. The van der Waals surface area contributed by atoms with Crippen LogP contribution in [0.3, 0.4) is 0 Å². The fourth-order valence-corrected chi connectivity index (χ4v) is 0.777. The number of hydrogen-bond donors (Lipinski definition) is 1. The molecule has 0 aromatic carbocycles. The molecule has 0 saturated carbocycles. The van der Waals surface area contributed by atoms with Crippen molar-refractivity contribution in [2.45, 2.75) is 26.7 Å². The molecule has 10 heavy (non-hydrogen) atoms. The molecule has 0 fully saturated rings. The first kappa shape index (κ1) is 9.43. The van der Waals surface area contributed by atoms with E-state index in [1.54, 1.807) is 0 Å². The van der Waals surface area contributed by atoms with Crippen molar-refractivity contribution in [2.24, 2.45) is 5.92 Å². The Labute approximate surface area is 61.7 Å². The first-order chi connectivity index (χ1) is 4.85. The smallest absolute Gasteiger partial charge is 0.312 e. The van der Waals surface area contributed by atoms with Gasteiger partial charge >= 0.3 is 6.47 Å². The van der Waals surface area contributed by atoms with E-state index in [2.05, 4.69) is 24.2 Å². The van der Waals surface area contributed by atoms with Crippen LogP contribution in [0, 0.1) is 5.92 Å². The van der Waals surface area contributed by atoms with Gasteiger partial charge in [-0.05, 0) is 5.92 Å². The molecule has 0 aliphatic carbocycles. The van der Waals surface area contributed by atoms with Crippen LogP contribution in [0.1, 0.15) is 26.7 Å². The Kier molecular flexibility index (Phi) is 6.18. The summed E-state index contributed by atoms with van der Waals surface area (Å²) in [6, 6.07) is 0. The lowest BCUT2D eigenvalue weighted by Gasteiger charge is -2.10. The van der Waals surface area contributed by atoms with Crippen LogP contribution in [0.5, 0.6) is 0 Å². The van der Waals surface area contributed by atoms with E-state index >= 15 is 0 Å². The van der Waals surface area contributed by atoms with Gasteiger partial charge in [-0.15, -0.1) is 0 Å². The summed E-state index contributed by atoms with van der Waals surface area (Å²) in [5, 5.41) is 0. The van der Waals surface area contributed by atoms with Crippen LogP contribution in [0.4, 0.5) is 0 Å². The van der Waals surface area contributed by atoms with Crippen LogP contribution < -0.4 is 5.48 Å². The van der Waals surface area contributed by atoms with Gasteiger partial charge in [0.2, 0.25) is 0 Å². The monoisotopic (exact) mass is 145 g/mol. The second-order valence-corrected chi connectivity index (χ2v) is 2.25. The third kappa shape index (κ3) is 4.32. The lowest BCUT2D eigenvalue weighted by Crippen LogP contribution is -2.21. The van der Waals surface area contributed by atoms with E-state index in [9.17, 15) is 4.79 Å². The summed E-state index contributed by atoms with van der Waals surface area (Å²) in [5.74, 6) is 0.611. The van der Waals surface area contributed by atoms with Gasteiger partial charge < -0.3 is 4.84 Å². The number of carbonyl (C=O) groups is 1. The quantitative estimate of drug-likeness (QED) is 0.345. The molecule has 0 aliphatic rings. The fraction of sp³-hybridized carbons (Fsp3) is 0.857. The number of hydroxylamine groups is 1. The van der Waals surface area contributed by atoms with E-state index in [4.69, 9.17) is 0 Å². The zero-order valence-electron chi connectivity index (χ0n) is 6.59. The average Bonchev–Trinajstić information content (AvgIpc) is 1.99. The minimum atomic E-state index is 0.405. The number of hydrogen-bond acceptors (Lipinski definition) is 3. The summed E-state index contributed by atoms with van der Waals surface area (Å²) in [5.41, 5.74) is 2.57. The minimum absolute atomic E-state index is 0.405. The molecule has 3 nitrogen and oxygen atoms in total. The van der Waals surface area contributed by atoms with E-state index < -0.39 is 0 Å². The van der Waals surface area contributed by atoms with Crippen molar-refractivity contribution in [3.05, 3.63) is 0 Å². The minimum Gasteiger partial charge on any atom is -0.374 e. The van der Waals surface area contributed by atoms with Crippen molar-refractivity contribution in [1.82, 2.24) is 5.48 Å². The third-order valence-electron chi connectivity index (χ3n) is 1.66. The summed E-state index contributed by atoms with van der Waals surface area (Å²) >= 11 is 0. The second-order valence-electron chi connectivity index (χ2n) is 2.25. The molecule has 60 valence electrons. The van der Waals surface area contributed by atoms with Gasteiger partial charge in [0.1, 0.15) is 0 Å². The summed E-state index contributed by atoms with van der Waals surface area (Å²) in [6.45, 7) is 5.40. The Balaban J connectivity index is 3.16. The maximum Gasteiger partial charge on any atom is 0.312 e. The first-order valence-corrected chi connectivity index (χ1v) is 3.67. The maximum absolute atomic E-state index is 9.68. The fourth-order valence-electron chi connectivity index (χ4n) is 0.777. The zero-order chi connectivity index (χ0) is 7.82. The van der Waals surface area contributed by atoms with Crippen LogP contribution >= 0.6 is 0 Å². The van der Waals surface area contributed by atoms with E-state index in [0.29, 0.717) is 12.4 Å². The molecule has 0 amide bonds. The van der Waals surface area contributed by atoms with E-state index in [-0.39, 0.29) is 0 Å². The van der Waals surface area contributed by atoms with E-state index in [1.165, 1.54) is 0 Å². The summed E-state index contributed by atoms with van der Waals surface area (Å²) in [7, 11) is 0. The van der Waals surface area contributed by atoms with Crippen LogP contribution in [0.2, 0.25) is 0 Å². The molecule has 0 aromatic heterocycles. The number of nitrogens with one attached hydrogen (secondary N) is 1. The molecule has 0 spiro atoms. The summed E-state index contributed by atoms with van der Waals surface area (Å²) in [4.78, 5) is 14.0. The predicted octanol–water partition coefficient (Wildman–Crippen LogP) is 1.10. The topological polar surface area (TPSA) is 38.3 Å². The van der Waals surface area contributed by atoms with Crippen LogP contribution in [0.15, 0.2) is 0 Å². The Morgan fingerprint density at radius 3 is 2.50 bits per heavy atom. The van der Waals surface area contributed by atoms with Gasteiger partial charge in [-0.3, -0.25) is 4.79 Å². The molecule has 0 radical (unpaired) electrons. The second kappa shape index (κ2) is 6.55. The highest BCUT2D eigenvalue weighted by molar-refractivity contribution is 5.36. The van der Waals surface area contributed by atoms with Crippen molar-refractivity contribution in [1.29, 1.82) is 0 Å². The van der Waals surface area contributed by atoms with Crippen molar-refractivity contribution >= 4 is 6.47 Å². The normalized spacial score (nSPS) is 9.90. The Morgan fingerprint density at radius 1 is 1.50 bits per heavy atom. The lowest BCUT2D eigenvalue weighted by atomic mass is 10.0. The van der Waals surface area contributed by atoms with Crippen LogP contribution in [0.25, 0.3) is 0 Å². The SMILES string of the molecule is CCC(CC)CNOC=O. The molecule has 0 aromatic rings. The molecule has 0 aliphatic heterocycles. The van der Waals surface area contributed by atoms with Crippen molar-refractivity contribution in [2.75, 3.05) is 6.54 Å². The summed E-state index contributed by atoms with van der Waals surface area (Å²) in [6.07, 6.45) is 2.23. The van der Waals surface area contributed by atoms with Gasteiger partial charge in [0, 0.05) is 6.54 Å². The average molecular weight is 145 g/mol. The Hall–Kier alpha value is -0.570. The van der Waals surface area contributed by atoms with Gasteiger partial charge in [-0.2, -0.15) is 5.48 Å². The van der Waals surface area contributed by atoms with Gasteiger partial charge in [0.05, 0.1) is 0 Å². The van der Waals surface area contributed by atoms with Crippen molar-refractivity contribution in [3.8, 4) is 0 Å². The molecule has 0 bridgehead atoms. The largest absolute Gasteiger partial charge is 0.374 e. The van der Waals surface area contributed by atoms with E-state index in [0.717, 1.165) is 19.4 Å². The van der Waals surface area contributed by atoms with E-state index in [1.807, 2.05) is 0 Å². The Bertz CT molecular complexity index is 81.7. The molecular formula is C7H15NO2. The summed E-state index contributed by atoms with van der Waals surface area (Å²) < 4.78 is 0.